The van der Waals surface area contributed by atoms with Crippen LogP contribution in [0.3, 0.4) is 0 Å². The second-order valence-electron chi connectivity index (χ2n) is 6.47. The molecular weight excluding hydrogens is 370 g/mol. The predicted octanol–water partition coefficient (Wildman–Crippen LogP) is 2.33. The summed E-state index contributed by atoms with van der Waals surface area (Å²) in [6, 6.07) is 2.93. The van der Waals surface area contributed by atoms with Gasteiger partial charge in [-0.2, -0.15) is 0 Å². The van der Waals surface area contributed by atoms with Crippen molar-refractivity contribution >= 4 is 6.08 Å². The van der Waals surface area contributed by atoms with E-state index in [1.807, 2.05) is 32.2 Å². The van der Waals surface area contributed by atoms with Gasteiger partial charge in [0.1, 0.15) is 30.7 Å². The van der Waals surface area contributed by atoms with Crippen LogP contribution in [0.5, 0.6) is 0 Å². The number of ether oxygens (including phenoxy) is 1. The number of hydrogen-bond donors (Lipinski definition) is 3. The third kappa shape index (κ3) is 5.17. The lowest BCUT2D eigenvalue weighted by Gasteiger charge is -2.21. The molecule has 6 nitrogen and oxygen atoms in total. The molecule has 3 rings (SSSR count). The zero-order chi connectivity index (χ0) is 20.8. The van der Waals surface area contributed by atoms with Gasteiger partial charge >= 0.3 is 0 Å². The number of aliphatic hydroxyl groups excluding tert-OH is 3. The van der Waals surface area contributed by atoms with Crippen LogP contribution in [-0.4, -0.2) is 49.7 Å². The van der Waals surface area contributed by atoms with E-state index in [9.17, 15) is 24.1 Å². The molecule has 5 atom stereocenters. The zero-order valence-electron chi connectivity index (χ0n) is 15.8. The topological polar surface area (TPSA) is 95.7 Å². The molecule has 0 saturated carbocycles. The lowest BCUT2D eigenvalue weighted by atomic mass is 9.98. The van der Waals surface area contributed by atoms with E-state index >= 15 is 0 Å². The summed E-state index contributed by atoms with van der Waals surface area (Å²) >= 11 is 0. The Balaban J connectivity index is 0.000000237. The van der Waals surface area contributed by atoms with Gasteiger partial charge in [0.2, 0.25) is 0 Å². The van der Waals surface area contributed by atoms with Gasteiger partial charge in [-0.1, -0.05) is 18.2 Å². The van der Waals surface area contributed by atoms with Crippen molar-refractivity contribution in [2.45, 2.75) is 51.3 Å². The Morgan fingerprint density at radius 2 is 1.89 bits per heavy atom. The van der Waals surface area contributed by atoms with Crippen molar-refractivity contribution in [2.24, 2.45) is 0 Å². The molecule has 0 bridgehead atoms. The Morgan fingerprint density at radius 1 is 1.18 bits per heavy atom. The van der Waals surface area contributed by atoms with Gasteiger partial charge in [-0.15, -0.1) is 0 Å². The average Bonchev–Trinajstić information content (AvgIpc) is 2.93. The molecule has 2 heterocycles. The summed E-state index contributed by atoms with van der Waals surface area (Å²) in [4.78, 5) is 7.94. The van der Waals surface area contributed by atoms with E-state index in [1.165, 1.54) is 6.07 Å². The molecule has 1 aliphatic rings. The zero-order valence-corrected chi connectivity index (χ0v) is 15.8. The average molecular weight is 394 g/mol. The van der Waals surface area contributed by atoms with Gasteiger partial charge in [0.15, 0.2) is 11.6 Å². The smallest absolute Gasteiger partial charge is 0.159 e. The molecule has 8 heteroatoms. The maximum atomic E-state index is 13.0. The van der Waals surface area contributed by atoms with Crippen molar-refractivity contribution in [3.63, 3.8) is 0 Å². The van der Waals surface area contributed by atoms with Crippen LogP contribution in [0.25, 0.3) is 6.08 Å². The Labute approximate surface area is 162 Å². The molecule has 0 radical (unpaired) electrons. The minimum absolute atomic E-state index is 0.0826. The lowest BCUT2D eigenvalue weighted by molar-refractivity contribution is -0.0636. The van der Waals surface area contributed by atoms with Gasteiger partial charge in [0.05, 0.1) is 6.10 Å². The van der Waals surface area contributed by atoms with Gasteiger partial charge in [-0.05, 0) is 38.5 Å². The van der Waals surface area contributed by atoms with Gasteiger partial charge in [0.25, 0.3) is 0 Å². The highest BCUT2D eigenvalue weighted by Crippen LogP contribution is 2.31. The van der Waals surface area contributed by atoms with Crippen molar-refractivity contribution in [3.05, 3.63) is 65.3 Å². The molecule has 1 aromatic carbocycles. The van der Waals surface area contributed by atoms with Crippen molar-refractivity contribution in [1.29, 1.82) is 0 Å². The molecule has 28 heavy (non-hydrogen) atoms. The lowest BCUT2D eigenvalue weighted by Crippen LogP contribution is -2.34. The fourth-order valence-electron chi connectivity index (χ4n) is 2.77. The van der Waals surface area contributed by atoms with Crippen LogP contribution in [0.4, 0.5) is 8.78 Å². The second kappa shape index (κ2) is 9.79. The third-order valence-electron chi connectivity index (χ3n) is 4.43. The van der Waals surface area contributed by atoms with E-state index in [4.69, 9.17) is 4.74 Å². The number of aryl methyl sites for hydroxylation is 1. The molecular formula is C20H24F2N2O4. The van der Waals surface area contributed by atoms with Crippen LogP contribution in [-0.2, 0) is 4.74 Å². The highest BCUT2D eigenvalue weighted by atomic mass is 19.2. The van der Waals surface area contributed by atoms with Crippen LogP contribution in [0.2, 0.25) is 0 Å². The van der Waals surface area contributed by atoms with Crippen molar-refractivity contribution < 1.29 is 28.8 Å². The largest absolute Gasteiger partial charge is 0.388 e. The molecule has 0 aliphatic carbocycles. The molecule has 0 spiro atoms. The summed E-state index contributed by atoms with van der Waals surface area (Å²) in [6.07, 6.45) is 1.91. The Morgan fingerprint density at radius 3 is 2.43 bits per heavy atom. The number of hydrogen-bond acceptors (Lipinski definition) is 6. The SMILES string of the molecule is C/C=C\c1cncnc1C.CC1OC(C(O)c2ccc(F)c(F)c2)C(O)C1O. The van der Waals surface area contributed by atoms with Crippen LogP contribution < -0.4 is 0 Å². The number of allylic oxidation sites excluding steroid dienone is 1. The maximum Gasteiger partial charge on any atom is 0.159 e. The summed E-state index contributed by atoms with van der Waals surface area (Å²) in [5.41, 5.74) is 2.19. The maximum absolute atomic E-state index is 13.0. The summed E-state index contributed by atoms with van der Waals surface area (Å²) in [5, 5.41) is 29.1. The van der Waals surface area contributed by atoms with E-state index in [0.29, 0.717) is 0 Å². The van der Waals surface area contributed by atoms with E-state index in [0.717, 1.165) is 23.4 Å². The Kier molecular flexibility index (Phi) is 7.70. The highest BCUT2D eigenvalue weighted by Gasteiger charge is 2.44. The van der Waals surface area contributed by atoms with E-state index < -0.39 is 42.2 Å². The minimum atomic E-state index is -1.34. The highest BCUT2D eigenvalue weighted by molar-refractivity contribution is 5.49. The predicted molar refractivity (Wildman–Crippen MR) is 99.1 cm³/mol. The molecule has 0 amide bonds. The van der Waals surface area contributed by atoms with Crippen LogP contribution in [0.1, 0.15) is 36.8 Å². The molecule has 1 aliphatic heterocycles. The van der Waals surface area contributed by atoms with E-state index in [1.54, 1.807) is 13.3 Å². The van der Waals surface area contributed by atoms with Crippen molar-refractivity contribution in [2.75, 3.05) is 0 Å². The van der Waals surface area contributed by atoms with Gasteiger partial charge in [0, 0.05) is 17.5 Å². The quantitative estimate of drug-likeness (QED) is 0.740. The van der Waals surface area contributed by atoms with Crippen molar-refractivity contribution in [1.82, 2.24) is 9.97 Å². The number of aliphatic hydroxyl groups is 3. The summed E-state index contributed by atoms with van der Waals surface area (Å²) in [5.74, 6) is -2.11. The first kappa shape index (κ1) is 22.0. The standard InChI is InChI=1S/C12H14F2O4.C8H10N2/c1-5-9(15)11(17)12(18-5)10(16)6-2-3-7(13)8(14)4-6;1-3-4-8-5-9-6-10-7(8)2/h2-5,9-12,15-17H,1H3;3-6H,1-2H3/b;4-3-. The molecule has 3 N–H and O–H groups in total. The summed E-state index contributed by atoms with van der Waals surface area (Å²) in [7, 11) is 0. The molecule has 152 valence electrons. The molecule has 5 unspecified atom stereocenters. The second-order valence-corrected chi connectivity index (χ2v) is 6.47. The first-order chi connectivity index (χ1) is 13.3. The number of aromatic nitrogens is 2. The Bertz CT molecular complexity index is 819. The molecule has 1 aromatic heterocycles. The van der Waals surface area contributed by atoms with E-state index in [2.05, 4.69) is 9.97 Å². The number of halogens is 2. The van der Waals surface area contributed by atoms with Gasteiger partial charge in [-0.25, -0.2) is 18.7 Å². The van der Waals surface area contributed by atoms with Gasteiger partial charge < -0.3 is 20.1 Å². The normalized spacial score (nSPS) is 25.4. The van der Waals surface area contributed by atoms with Crippen molar-refractivity contribution in [3.8, 4) is 0 Å². The summed E-state index contributed by atoms with van der Waals surface area (Å²) < 4.78 is 31.0. The first-order valence-corrected chi connectivity index (χ1v) is 8.80. The van der Waals surface area contributed by atoms with Crippen LogP contribution >= 0.6 is 0 Å². The Hall–Kier alpha value is -2.26. The van der Waals surface area contributed by atoms with Crippen LogP contribution in [0.15, 0.2) is 36.8 Å². The summed E-state index contributed by atoms with van der Waals surface area (Å²) in [6.45, 7) is 5.50. The minimum Gasteiger partial charge on any atom is -0.388 e. The first-order valence-electron chi connectivity index (χ1n) is 8.80. The fraction of sp³-hybridized carbons (Fsp3) is 0.400. The number of rotatable bonds is 3. The fourth-order valence-corrected chi connectivity index (χ4v) is 2.77. The van der Waals surface area contributed by atoms with E-state index in [-0.39, 0.29) is 5.56 Å². The molecule has 1 saturated heterocycles. The van der Waals surface area contributed by atoms with Crippen LogP contribution in [0, 0.1) is 18.6 Å². The number of nitrogens with zero attached hydrogens (tertiary/aromatic N) is 2. The molecule has 1 fully saturated rings. The third-order valence-corrected chi connectivity index (χ3v) is 4.43. The van der Waals surface area contributed by atoms with Gasteiger partial charge in [-0.3, -0.25) is 0 Å². The molecule has 2 aromatic rings. The number of benzene rings is 1. The monoisotopic (exact) mass is 394 g/mol.